The second-order valence-corrected chi connectivity index (χ2v) is 6.57. The van der Waals surface area contributed by atoms with E-state index in [2.05, 4.69) is 4.98 Å². The molecule has 2 rings (SSSR count). The number of Topliss-reactive ketones (excluding diaryl/α,β-unsaturated/α-hetero) is 2. The minimum atomic E-state index is -0.0304. The number of hydrogen-bond donors (Lipinski definition) is 2. The van der Waals surface area contributed by atoms with E-state index in [1.54, 1.807) is 14.2 Å². The predicted molar refractivity (Wildman–Crippen MR) is 99.6 cm³/mol. The zero-order valence-electron chi connectivity index (χ0n) is 16.3. The second kappa shape index (κ2) is 8.19. The summed E-state index contributed by atoms with van der Waals surface area (Å²) in [7, 11) is 5.16. The zero-order valence-corrected chi connectivity index (χ0v) is 16.3. The summed E-state index contributed by atoms with van der Waals surface area (Å²) in [6, 6.07) is 5.72. The van der Waals surface area contributed by atoms with E-state index in [1.165, 1.54) is 6.92 Å². The van der Waals surface area contributed by atoms with Crippen LogP contribution in [0, 0.1) is 13.8 Å². The zero-order chi connectivity index (χ0) is 19.4. The van der Waals surface area contributed by atoms with Crippen molar-refractivity contribution in [1.82, 2.24) is 4.98 Å². The van der Waals surface area contributed by atoms with Gasteiger partial charge >= 0.3 is 0 Å². The second-order valence-electron chi connectivity index (χ2n) is 6.57. The quantitative estimate of drug-likeness (QED) is 0.705. The first-order valence-corrected chi connectivity index (χ1v) is 8.54. The van der Waals surface area contributed by atoms with Crippen LogP contribution in [0.15, 0.2) is 18.2 Å². The Balaban J connectivity index is 2.16. The van der Waals surface area contributed by atoms with E-state index in [4.69, 9.17) is 9.47 Å². The SMILES string of the molecule is COc1cccc(C[NH+](C)CC(=O)c2[nH]c(C)c(C(C)=O)c2C)c1OC. The summed E-state index contributed by atoms with van der Waals surface area (Å²) in [4.78, 5) is 28.6. The summed E-state index contributed by atoms with van der Waals surface area (Å²) in [5.74, 6) is 1.31. The van der Waals surface area contributed by atoms with E-state index in [9.17, 15) is 9.59 Å². The predicted octanol–water partition coefficient (Wildman–Crippen LogP) is 1.75. The van der Waals surface area contributed by atoms with Crippen molar-refractivity contribution in [2.24, 2.45) is 0 Å². The fourth-order valence-electron chi connectivity index (χ4n) is 3.40. The molecule has 6 nitrogen and oxygen atoms in total. The maximum absolute atomic E-state index is 12.7. The number of rotatable bonds is 8. The number of H-pyrrole nitrogens is 1. The van der Waals surface area contributed by atoms with Gasteiger partial charge in [0.05, 0.1) is 32.5 Å². The Kier molecular flexibility index (Phi) is 6.21. The summed E-state index contributed by atoms with van der Waals surface area (Å²) < 4.78 is 10.8. The van der Waals surface area contributed by atoms with Gasteiger partial charge in [-0.05, 0) is 38.5 Å². The third-order valence-electron chi connectivity index (χ3n) is 4.51. The van der Waals surface area contributed by atoms with Crippen molar-refractivity contribution in [3.63, 3.8) is 0 Å². The maximum Gasteiger partial charge on any atom is 0.233 e. The van der Waals surface area contributed by atoms with Gasteiger partial charge in [-0.1, -0.05) is 6.07 Å². The van der Waals surface area contributed by atoms with Gasteiger partial charge in [-0.25, -0.2) is 0 Å². The van der Waals surface area contributed by atoms with Gasteiger partial charge in [0, 0.05) is 11.3 Å². The van der Waals surface area contributed by atoms with Crippen LogP contribution in [-0.2, 0) is 6.54 Å². The lowest BCUT2D eigenvalue weighted by Crippen LogP contribution is -3.08. The molecule has 0 spiro atoms. The van der Waals surface area contributed by atoms with E-state index in [-0.39, 0.29) is 11.6 Å². The van der Waals surface area contributed by atoms with Gasteiger partial charge in [-0.15, -0.1) is 0 Å². The minimum absolute atomic E-state index is 0.0162. The molecule has 0 radical (unpaired) electrons. The summed E-state index contributed by atoms with van der Waals surface area (Å²) in [6.07, 6.45) is 0. The number of quaternary nitrogens is 1. The Morgan fingerprint density at radius 2 is 1.85 bits per heavy atom. The number of carbonyl (C=O) groups excluding carboxylic acids is 2. The van der Waals surface area contributed by atoms with E-state index in [0.717, 1.165) is 21.7 Å². The molecule has 1 heterocycles. The number of aromatic nitrogens is 1. The molecule has 1 aromatic carbocycles. The van der Waals surface area contributed by atoms with Crippen LogP contribution in [0.1, 0.15) is 44.6 Å². The molecular formula is C20H27N2O4+. The third-order valence-corrected chi connectivity index (χ3v) is 4.51. The molecule has 0 saturated heterocycles. The smallest absolute Gasteiger partial charge is 0.233 e. The highest BCUT2D eigenvalue weighted by Crippen LogP contribution is 2.30. The van der Waals surface area contributed by atoms with E-state index < -0.39 is 0 Å². The number of aryl methyl sites for hydroxylation is 1. The monoisotopic (exact) mass is 359 g/mol. The Bertz CT molecular complexity index is 823. The van der Waals surface area contributed by atoms with Gasteiger partial charge in [0.1, 0.15) is 13.1 Å². The van der Waals surface area contributed by atoms with Crippen LogP contribution in [0.4, 0.5) is 0 Å². The Morgan fingerprint density at radius 3 is 2.38 bits per heavy atom. The molecule has 0 amide bonds. The number of ether oxygens (including phenoxy) is 2. The van der Waals surface area contributed by atoms with Crippen molar-refractivity contribution < 1.29 is 24.0 Å². The number of ketones is 2. The topological polar surface area (TPSA) is 72.8 Å². The first kappa shape index (κ1) is 19.7. The lowest BCUT2D eigenvalue weighted by molar-refractivity contribution is -0.884. The van der Waals surface area contributed by atoms with Crippen LogP contribution in [0.3, 0.4) is 0 Å². The molecule has 0 aliphatic carbocycles. The number of para-hydroxylation sites is 1. The Labute approximate surface area is 154 Å². The lowest BCUT2D eigenvalue weighted by atomic mass is 10.1. The minimum Gasteiger partial charge on any atom is -0.493 e. The maximum atomic E-state index is 12.7. The molecule has 1 unspecified atom stereocenters. The number of benzene rings is 1. The number of carbonyl (C=O) groups is 2. The number of nitrogens with one attached hydrogen (secondary N) is 2. The Hall–Kier alpha value is -2.60. The molecule has 1 aromatic heterocycles. The fourth-order valence-corrected chi connectivity index (χ4v) is 3.40. The molecule has 0 fully saturated rings. The van der Waals surface area contributed by atoms with Crippen LogP contribution in [0.5, 0.6) is 11.5 Å². The van der Waals surface area contributed by atoms with E-state index in [1.807, 2.05) is 39.1 Å². The molecule has 2 aromatic rings. The molecule has 26 heavy (non-hydrogen) atoms. The third kappa shape index (κ3) is 3.96. The van der Waals surface area contributed by atoms with Gasteiger partial charge in [-0.2, -0.15) is 0 Å². The molecule has 1 atom stereocenters. The summed E-state index contributed by atoms with van der Waals surface area (Å²) in [5.41, 5.74) is 3.57. The average molecular weight is 359 g/mol. The van der Waals surface area contributed by atoms with Crippen molar-refractivity contribution in [3.05, 3.63) is 46.3 Å². The molecule has 0 aliphatic heterocycles. The fraction of sp³-hybridized carbons (Fsp3) is 0.400. The Morgan fingerprint density at radius 1 is 1.15 bits per heavy atom. The van der Waals surface area contributed by atoms with Crippen molar-refractivity contribution >= 4 is 11.6 Å². The molecule has 2 N–H and O–H groups in total. The van der Waals surface area contributed by atoms with Crippen LogP contribution < -0.4 is 14.4 Å². The average Bonchev–Trinajstić information content (AvgIpc) is 2.89. The number of hydrogen-bond acceptors (Lipinski definition) is 4. The standard InChI is InChI=1S/C20H26N2O4/c1-12-18(14(3)23)13(2)21-19(12)16(24)11-22(4)10-15-8-7-9-17(25-5)20(15)26-6/h7-9,21H,10-11H2,1-6H3/p+1. The highest BCUT2D eigenvalue weighted by molar-refractivity contribution is 6.03. The summed E-state index contributed by atoms with van der Waals surface area (Å²) >= 11 is 0. The van der Waals surface area contributed by atoms with Crippen LogP contribution in [-0.4, -0.2) is 44.4 Å². The highest BCUT2D eigenvalue weighted by atomic mass is 16.5. The van der Waals surface area contributed by atoms with Gasteiger partial charge in [-0.3, -0.25) is 9.59 Å². The van der Waals surface area contributed by atoms with Crippen molar-refractivity contribution in [2.75, 3.05) is 27.8 Å². The first-order chi connectivity index (χ1) is 12.3. The molecule has 0 aliphatic rings. The van der Waals surface area contributed by atoms with Gasteiger partial charge in [0.25, 0.3) is 0 Å². The van der Waals surface area contributed by atoms with Gasteiger partial charge < -0.3 is 19.4 Å². The highest BCUT2D eigenvalue weighted by Gasteiger charge is 2.23. The molecule has 0 bridgehead atoms. The number of aromatic amines is 1. The van der Waals surface area contributed by atoms with Gasteiger partial charge in [0.15, 0.2) is 17.3 Å². The van der Waals surface area contributed by atoms with Crippen LogP contribution in [0.25, 0.3) is 0 Å². The van der Waals surface area contributed by atoms with Crippen molar-refractivity contribution in [3.8, 4) is 11.5 Å². The van der Waals surface area contributed by atoms with Crippen LogP contribution in [0.2, 0.25) is 0 Å². The molecular weight excluding hydrogens is 332 g/mol. The van der Waals surface area contributed by atoms with E-state index in [0.29, 0.717) is 35.8 Å². The number of likely N-dealkylation sites (N-methyl/N-ethyl adjacent to an activating group) is 1. The van der Waals surface area contributed by atoms with Gasteiger partial charge in [0.2, 0.25) is 5.78 Å². The lowest BCUT2D eigenvalue weighted by Gasteiger charge is -2.17. The normalized spacial score (nSPS) is 11.9. The van der Waals surface area contributed by atoms with E-state index >= 15 is 0 Å². The van der Waals surface area contributed by atoms with Crippen molar-refractivity contribution in [2.45, 2.75) is 27.3 Å². The first-order valence-electron chi connectivity index (χ1n) is 8.54. The number of methoxy groups -OCH3 is 2. The van der Waals surface area contributed by atoms with Crippen molar-refractivity contribution in [1.29, 1.82) is 0 Å². The molecule has 6 heteroatoms. The summed E-state index contributed by atoms with van der Waals surface area (Å²) in [6.45, 7) is 6.07. The molecule has 0 saturated carbocycles. The van der Waals surface area contributed by atoms with Crippen LogP contribution >= 0.6 is 0 Å². The summed E-state index contributed by atoms with van der Waals surface area (Å²) in [5, 5.41) is 0. The largest absolute Gasteiger partial charge is 0.493 e. The molecule has 140 valence electrons.